The third-order valence-electron chi connectivity index (χ3n) is 2.66. The second-order valence-electron chi connectivity index (χ2n) is 4.30. The van der Waals surface area contributed by atoms with E-state index in [-0.39, 0.29) is 5.97 Å². The SMILES string of the molecule is COC(=O)c1cnc(N(Cc2cccs2)C(C)C)s1. The summed E-state index contributed by atoms with van der Waals surface area (Å²) in [5.41, 5.74) is 0. The van der Waals surface area contributed by atoms with Gasteiger partial charge in [0.05, 0.1) is 19.9 Å². The van der Waals surface area contributed by atoms with Crippen LogP contribution in [0, 0.1) is 0 Å². The Morgan fingerprint density at radius 3 is 2.89 bits per heavy atom. The van der Waals surface area contributed by atoms with Crippen molar-refractivity contribution in [3.63, 3.8) is 0 Å². The third-order valence-corrected chi connectivity index (χ3v) is 4.53. The van der Waals surface area contributed by atoms with E-state index in [1.807, 2.05) is 6.07 Å². The molecule has 0 N–H and O–H groups in total. The average molecular weight is 296 g/mol. The summed E-state index contributed by atoms with van der Waals surface area (Å²) < 4.78 is 4.71. The lowest BCUT2D eigenvalue weighted by molar-refractivity contribution is 0.0606. The Morgan fingerprint density at radius 2 is 2.32 bits per heavy atom. The minimum absolute atomic E-state index is 0.318. The van der Waals surface area contributed by atoms with Gasteiger partial charge in [-0.1, -0.05) is 17.4 Å². The van der Waals surface area contributed by atoms with Crippen LogP contribution in [-0.2, 0) is 11.3 Å². The Morgan fingerprint density at radius 1 is 1.53 bits per heavy atom. The lowest BCUT2D eigenvalue weighted by Gasteiger charge is -2.25. The summed E-state index contributed by atoms with van der Waals surface area (Å²) in [4.78, 5) is 19.8. The summed E-state index contributed by atoms with van der Waals surface area (Å²) in [7, 11) is 1.38. The Hall–Kier alpha value is -1.40. The number of thiazole rings is 1. The third kappa shape index (κ3) is 3.33. The van der Waals surface area contributed by atoms with Gasteiger partial charge in [0.25, 0.3) is 0 Å². The number of hydrogen-bond acceptors (Lipinski definition) is 6. The lowest BCUT2D eigenvalue weighted by atomic mass is 10.3. The maximum Gasteiger partial charge on any atom is 0.349 e. The van der Waals surface area contributed by atoms with Gasteiger partial charge >= 0.3 is 5.97 Å². The maximum absolute atomic E-state index is 11.5. The van der Waals surface area contributed by atoms with Crippen molar-refractivity contribution in [1.29, 1.82) is 0 Å². The van der Waals surface area contributed by atoms with Crippen LogP contribution in [0.15, 0.2) is 23.7 Å². The molecule has 4 nitrogen and oxygen atoms in total. The Kier molecular flexibility index (Phi) is 4.55. The quantitative estimate of drug-likeness (QED) is 0.793. The zero-order chi connectivity index (χ0) is 13.8. The molecule has 0 aliphatic carbocycles. The number of hydrogen-bond donors (Lipinski definition) is 0. The molecule has 6 heteroatoms. The summed E-state index contributed by atoms with van der Waals surface area (Å²) in [5, 5.41) is 2.92. The van der Waals surface area contributed by atoms with Crippen LogP contribution >= 0.6 is 22.7 Å². The maximum atomic E-state index is 11.5. The molecule has 0 atom stereocenters. The number of nitrogens with zero attached hydrogens (tertiary/aromatic N) is 2. The number of carbonyl (C=O) groups is 1. The Balaban J connectivity index is 2.19. The van der Waals surface area contributed by atoms with Gasteiger partial charge in [-0.15, -0.1) is 11.3 Å². The highest BCUT2D eigenvalue weighted by molar-refractivity contribution is 7.17. The van der Waals surface area contributed by atoms with Crippen molar-refractivity contribution < 1.29 is 9.53 Å². The molecule has 2 heterocycles. The van der Waals surface area contributed by atoms with Crippen LogP contribution in [0.1, 0.15) is 28.4 Å². The van der Waals surface area contributed by atoms with Crippen molar-refractivity contribution in [2.45, 2.75) is 26.4 Å². The van der Waals surface area contributed by atoms with Crippen molar-refractivity contribution in [2.75, 3.05) is 12.0 Å². The Bertz CT molecular complexity index is 535. The summed E-state index contributed by atoms with van der Waals surface area (Å²) in [6, 6.07) is 4.47. The summed E-state index contributed by atoms with van der Waals surface area (Å²) in [5.74, 6) is -0.330. The van der Waals surface area contributed by atoms with Crippen molar-refractivity contribution in [3.8, 4) is 0 Å². The molecule has 0 unspecified atom stereocenters. The van der Waals surface area contributed by atoms with E-state index < -0.39 is 0 Å². The average Bonchev–Trinajstić information content (AvgIpc) is 3.05. The fourth-order valence-corrected chi connectivity index (χ4v) is 3.30. The van der Waals surface area contributed by atoms with Crippen LogP contribution < -0.4 is 4.90 Å². The predicted molar refractivity (Wildman–Crippen MR) is 79.1 cm³/mol. The molecule has 2 aromatic rings. The molecular formula is C13H16N2O2S2. The van der Waals surface area contributed by atoms with Gasteiger partial charge in [0, 0.05) is 10.9 Å². The monoisotopic (exact) mass is 296 g/mol. The van der Waals surface area contributed by atoms with Gasteiger partial charge in [-0.25, -0.2) is 9.78 Å². The first-order valence-corrected chi connectivity index (χ1v) is 7.64. The van der Waals surface area contributed by atoms with Gasteiger partial charge in [0.1, 0.15) is 4.88 Å². The molecule has 2 rings (SSSR count). The van der Waals surface area contributed by atoms with E-state index in [4.69, 9.17) is 4.74 Å². The van der Waals surface area contributed by atoms with E-state index in [1.165, 1.54) is 23.3 Å². The molecule has 0 spiro atoms. The van der Waals surface area contributed by atoms with Gasteiger partial charge in [0.15, 0.2) is 5.13 Å². The standard InChI is InChI=1S/C13H16N2O2S2/c1-9(2)15(8-10-5-4-6-18-10)13-14-7-11(19-13)12(16)17-3/h4-7,9H,8H2,1-3H3. The molecule has 2 aromatic heterocycles. The van der Waals surface area contributed by atoms with Crippen LogP contribution in [0.3, 0.4) is 0 Å². The van der Waals surface area contributed by atoms with Gasteiger partial charge in [-0.05, 0) is 25.3 Å². The molecular weight excluding hydrogens is 280 g/mol. The number of carbonyl (C=O) groups excluding carboxylic acids is 1. The van der Waals surface area contributed by atoms with E-state index >= 15 is 0 Å². The van der Waals surface area contributed by atoms with Gasteiger partial charge in [0.2, 0.25) is 0 Å². The largest absolute Gasteiger partial charge is 0.465 e. The van der Waals surface area contributed by atoms with E-state index in [1.54, 1.807) is 17.5 Å². The van der Waals surface area contributed by atoms with Gasteiger partial charge < -0.3 is 9.64 Å². The second-order valence-corrected chi connectivity index (χ2v) is 6.34. The summed E-state index contributed by atoms with van der Waals surface area (Å²) >= 11 is 3.09. The topological polar surface area (TPSA) is 42.4 Å². The minimum Gasteiger partial charge on any atom is -0.465 e. The minimum atomic E-state index is -0.330. The number of rotatable bonds is 5. The van der Waals surface area contributed by atoms with Crippen molar-refractivity contribution >= 4 is 33.8 Å². The molecule has 19 heavy (non-hydrogen) atoms. The van der Waals surface area contributed by atoms with Crippen LogP contribution in [0.25, 0.3) is 0 Å². The molecule has 0 fully saturated rings. The van der Waals surface area contributed by atoms with Crippen LogP contribution in [-0.4, -0.2) is 24.1 Å². The molecule has 0 amide bonds. The van der Waals surface area contributed by atoms with Crippen molar-refractivity contribution in [1.82, 2.24) is 4.98 Å². The molecule has 102 valence electrons. The fraction of sp³-hybridized carbons (Fsp3) is 0.385. The van der Waals surface area contributed by atoms with E-state index in [0.717, 1.165) is 11.7 Å². The number of ether oxygens (including phenoxy) is 1. The van der Waals surface area contributed by atoms with Crippen LogP contribution in [0.4, 0.5) is 5.13 Å². The van der Waals surface area contributed by atoms with E-state index in [2.05, 4.69) is 35.2 Å². The molecule has 0 radical (unpaired) electrons. The summed E-state index contributed by atoms with van der Waals surface area (Å²) in [6.45, 7) is 5.04. The molecule has 0 aliphatic heterocycles. The molecule has 0 bridgehead atoms. The van der Waals surface area contributed by atoms with Crippen molar-refractivity contribution in [3.05, 3.63) is 33.5 Å². The number of aromatic nitrogens is 1. The fourth-order valence-electron chi connectivity index (χ4n) is 1.63. The van der Waals surface area contributed by atoms with Gasteiger partial charge in [-0.2, -0.15) is 0 Å². The number of anilines is 1. The molecule has 0 saturated heterocycles. The zero-order valence-corrected chi connectivity index (χ0v) is 12.8. The highest BCUT2D eigenvalue weighted by Gasteiger charge is 2.18. The Labute approximate surface area is 120 Å². The first-order valence-electron chi connectivity index (χ1n) is 5.95. The molecule has 0 aliphatic rings. The van der Waals surface area contributed by atoms with Crippen LogP contribution in [0.2, 0.25) is 0 Å². The lowest BCUT2D eigenvalue weighted by Crippen LogP contribution is -2.29. The normalized spacial score (nSPS) is 10.7. The predicted octanol–water partition coefficient (Wildman–Crippen LogP) is 3.41. The second kappa shape index (κ2) is 6.16. The molecule has 0 saturated carbocycles. The van der Waals surface area contributed by atoms with Gasteiger partial charge in [-0.3, -0.25) is 0 Å². The zero-order valence-electron chi connectivity index (χ0n) is 11.1. The molecule has 0 aromatic carbocycles. The van der Waals surface area contributed by atoms with Crippen molar-refractivity contribution in [2.24, 2.45) is 0 Å². The summed E-state index contributed by atoms with van der Waals surface area (Å²) in [6.07, 6.45) is 1.58. The van der Waals surface area contributed by atoms with E-state index in [0.29, 0.717) is 10.9 Å². The highest BCUT2D eigenvalue weighted by atomic mass is 32.1. The number of methoxy groups -OCH3 is 1. The smallest absolute Gasteiger partial charge is 0.349 e. The number of thiophene rings is 1. The van der Waals surface area contributed by atoms with Crippen LogP contribution in [0.5, 0.6) is 0 Å². The van der Waals surface area contributed by atoms with E-state index in [9.17, 15) is 4.79 Å². The first-order chi connectivity index (χ1) is 9.11. The first kappa shape index (κ1) is 14.0. The number of esters is 1. The highest BCUT2D eigenvalue weighted by Crippen LogP contribution is 2.27.